The predicted octanol–water partition coefficient (Wildman–Crippen LogP) is 2.06. The monoisotopic (exact) mass is 246 g/mol. The Hall–Kier alpha value is -1.62. The molecular formula is C10H8ClFO4. The van der Waals surface area contributed by atoms with Crippen LogP contribution in [0.5, 0.6) is 5.75 Å². The lowest BCUT2D eigenvalue weighted by Crippen LogP contribution is -2.16. The van der Waals surface area contributed by atoms with Crippen LogP contribution in [0, 0.1) is 12.7 Å². The van der Waals surface area contributed by atoms with Crippen LogP contribution < -0.4 is 4.74 Å². The second-order valence-corrected chi connectivity index (χ2v) is 3.44. The van der Waals surface area contributed by atoms with Crippen LogP contribution in [0.1, 0.15) is 15.9 Å². The summed E-state index contributed by atoms with van der Waals surface area (Å²) >= 11 is 5.52. The first-order valence-corrected chi connectivity index (χ1v) is 4.58. The van der Waals surface area contributed by atoms with Crippen LogP contribution in [0.4, 0.5) is 4.39 Å². The predicted molar refractivity (Wildman–Crippen MR) is 54.7 cm³/mol. The summed E-state index contributed by atoms with van der Waals surface area (Å²) in [4.78, 5) is 21.8. The summed E-state index contributed by atoms with van der Waals surface area (Å²) in [6.45, 7) is 1.53. The van der Waals surface area contributed by atoms with Gasteiger partial charge in [-0.25, -0.2) is 9.18 Å². The Morgan fingerprint density at radius 2 is 2.06 bits per heavy atom. The first kappa shape index (κ1) is 12.4. The molecule has 0 unspecified atom stereocenters. The van der Waals surface area contributed by atoms with Crippen molar-refractivity contribution in [1.82, 2.24) is 0 Å². The summed E-state index contributed by atoms with van der Waals surface area (Å²) in [6.07, 6.45) is 0. The molecule has 6 heteroatoms. The summed E-state index contributed by atoms with van der Waals surface area (Å²) in [5, 5.41) is 8.23. The minimum absolute atomic E-state index is 0.116. The maximum Gasteiger partial charge on any atom is 0.377 e. The molecule has 0 atom stereocenters. The first-order chi connectivity index (χ1) is 7.40. The second-order valence-electron chi connectivity index (χ2n) is 3.03. The lowest BCUT2D eigenvalue weighted by molar-refractivity contribution is -0.131. The minimum atomic E-state index is -1.76. The molecule has 0 aliphatic rings. The van der Waals surface area contributed by atoms with Gasteiger partial charge in [0.25, 0.3) is 5.78 Å². The Morgan fingerprint density at radius 1 is 1.50 bits per heavy atom. The normalized spacial score (nSPS) is 10.0. The van der Waals surface area contributed by atoms with E-state index in [9.17, 15) is 14.0 Å². The van der Waals surface area contributed by atoms with E-state index in [-0.39, 0.29) is 10.8 Å². The molecule has 0 aliphatic heterocycles. The minimum Gasteiger partial charge on any atom is -0.496 e. The lowest BCUT2D eigenvalue weighted by Gasteiger charge is -2.11. The molecule has 0 aliphatic carbocycles. The number of halogens is 2. The molecule has 0 saturated heterocycles. The molecule has 0 radical (unpaired) electrons. The van der Waals surface area contributed by atoms with Crippen LogP contribution in [0.15, 0.2) is 6.07 Å². The number of carboxylic acid groups (broad SMARTS) is 1. The average molecular weight is 247 g/mol. The maximum absolute atomic E-state index is 13.5. The fraction of sp³-hybridized carbons (Fsp3) is 0.200. The number of aliphatic carboxylic acids is 1. The number of benzene rings is 1. The van der Waals surface area contributed by atoms with Gasteiger partial charge in [0, 0.05) is 0 Å². The molecule has 1 rings (SSSR count). The SMILES string of the molecule is COc1c(C)cc(Cl)c(F)c1C(=O)C(=O)O. The van der Waals surface area contributed by atoms with E-state index in [2.05, 4.69) is 0 Å². The molecule has 0 amide bonds. The fourth-order valence-corrected chi connectivity index (χ4v) is 1.57. The van der Waals surface area contributed by atoms with Crippen LogP contribution in [-0.4, -0.2) is 24.0 Å². The van der Waals surface area contributed by atoms with Crippen molar-refractivity contribution >= 4 is 23.4 Å². The number of hydrogen-bond donors (Lipinski definition) is 1. The Bertz CT molecular complexity index is 470. The van der Waals surface area contributed by atoms with Crippen molar-refractivity contribution in [1.29, 1.82) is 0 Å². The molecule has 0 saturated carbocycles. The number of ether oxygens (including phenoxy) is 1. The maximum atomic E-state index is 13.5. The van der Waals surface area contributed by atoms with E-state index < -0.39 is 23.1 Å². The van der Waals surface area contributed by atoms with Crippen LogP contribution in [0.2, 0.25) is 5.02 Å². The number of rotatable bonds is 3. The van der Waals surface area contributed by atoms with Gasteiger partial charge in [-0.2, -0.15) is 0 Å². The molecule has 16 heavy (non-hydrogen) atoms. The number of aryl methyl sites for hydroxylation is 1. The summed E-state index contributed by atoms with van der Waals surface area (Å²) in [5.74, 6) is -4.36. The molecule has 0 bridgehead atoms. The van der Waals surface area contributed by atoms with E-state index in [4.69, 9.17) is 21.4 Å². The number of carboxylic acids is 1. The zero-order valence-corrected chi connectivity index (χ0v) is 9.26. The number of carbonyl (C=O) groups excluding carboxylic acids is 1. The van der Waals surface area contributed by atoms with E-state index >= 15 is 0 Å². The van der Waals surface area contributed by atoms with Gasteiger partial charge in [-0.3, -0.25) is 4.79 Å². The van der Waals surface area contributed by atoms with Crippen LogP contribution in [0.25, 0.3) is 0 Å². The van der Waals surface area contributed by atoms with Gasteiger partial charge in [0.15, 0.2) is 5.82 Å². The highest BCUT2D eigenvalue weighted by molar-refractivity contribution is 6.41. The van der Waals surface area contributed by atoms with Gasteiger partial charge in [-0.1, -0.05) is 11.6 Å². The van der Waals surface area contributed by atoms with Gasteiger partial charge in [-0.15, -0.1) is 0 Å². The third kappa shape index (κ3) is 1.99. The van der Waals surface area contributed by atoms with E-state index in [1.807, 2.05) is 0 Å². The van der Waals surface area contributed by atoms with Gasteiger partial charge in [0.2, 0.25) is 0 Å². The van der Waals surface area contributed by atoms with Crippen molar-refractivity contribution in [3.05, 3.63) is 28.0 Å². The summed E-state index contributed by atoms with van der Waals surface area (Å²) in [7, 11) is 1.22. The number of hydrogen-bond acceptors (Lipinski definition) is 3. The lowest BCUT2D eigenvalue weighted by atomic mass is 10.0. The molecule has 0 heterocycles. The quantitative estimate of drug-likeness (QED) is 0.655. The molecule has 0 spiro atoms. The van der Waals surface area contributed by atoms with E-state index in [0.29, 0.717) is 5.56 Å². The van der Waals surface area contributed by atoms with Crippen LogP contribution in [-0.2, 0) is 4.79 Å². The molecule has 1 N–H and O–H groups in total. The van der Waals surface area contributed by atoms with Gasteiger partial charge in [0.05, 0.1) is 12.1 Å². The largest absolute Gasteiger partial charge is 0.496 e. The third-order valence-corrected chi connectivity index (χ3v) is 2.26. The Kier molecular flexibility index (Phi) is 3.49. The number of methoxy groups -OCH3 is 1. The van der Waals surface area contributed by atoms with Crippen molar-refractivity contribution in [2.45, 2.75) is 6.92 Å². The third-order valence-electron chi connectivity index (χ3n) is 1.98. The van der Waals surface area contributed by atoms with Crippen molar-refractivity contribution in [3.8, 4) is 5.75 Å². The van der Waals surface area contributed by atoms with E-state index in [1.165, 1.54) is 20.1 Å². The average Bonchev–Trinajstić information content (AvgIpc) is 2.21. The zero-order valence-electron chi connectivity index (χ0n) is 8.51. The van der Waals surface area contributed by atoms with Gasteiger partial charge < -0.3 is 9.84 Å². The fourth-order valence-electron chi connectivity index (χ4n) is 1.31. The Morgan fingerprint density at radius 3 is 2.50 bits per heavy atom. The van der Waals surface area contributed by atoms with Gasteiger partial charge >= 0.3 is 5.97 Å². The van der Waals surface area contributed by atoms with Gasteiger partial charge in [-0.05, 0) is 18.6 Å². The molecule has 0 aromatic heterocycles. The van der Waals surface area contributed by atoms with Crippen molar-refractivity contribution < 1.29 is 23.8 Å². The van der Waals surface area contributed by atoms with Gasteiger partial charge in [0.1, 0.15) is 11.3 Å². The standard InChI is InChI=1S/C10H8ClFO4/c1-4-3-5(11)7(12)6(9(4)16-2)8(13)10(14)15/h3H,1-2H3,(H,14,15). The van der Waals surface area contributed by atoms with Crippen molar-refractivity contribution in [2.24, 2.45) is 0 Å². The molecule has 1 aromatic rings. The molecule has 86 valence electrons. The highest BCUT2D eigenvalue weighted by Crippen LogP contribution is 2.31. The Labute approximate surface area is 95.6 Å². The number of Topliss-reactive ketones (excluding diaryl/α,β-unsaturated/α-hetero) is 1. The Balaban J connectivity index is 3.57. The smallest absolute Gasteiger partial charge is 0.377 e. The molecule has 0 fully saturated rings. The zero-order chi connectivity index (χ0) is 12.5. The summed E-state index contributed by atoms with van der Waals surface area (Å²) in [6, 6.07) is 1.26. The summed E-state index contributed by atoms with van der Waals surface area (Å²) in [5.41, 5.74) is -0.265. The molecule has 1 aromatic carbocycles. The van der Waals surface area contributed by atoms with Crippen LogP contribution >= 0.6 is 11.6 Å². The topological polar surface area (TPSA) is 63.6 Å². The molecule has 4 nitrogen and oxygen atoms in total. The van der Waals surface area contributed by atoms with E-state index in [1.54, 1.807) is 0 Å². The second kappa shape index (κ2) is 4.49. The van der Waals surface area contributed by atoms with E-state index in [0.717, 1.165) is 0 Å². The molecular weight excluding hydrogens is 239 g/mol. The van der Waals surface area contributed by atoms with Crippen molar-refractivity contribution in [2.75, 3.05) is 7.11 Å². The number of carbonyl (C=O) groups is 2. The summed E-state index contributed by atoms with van der Waals surface area (Å²) < 4.78 is 18.3. The number of ketones is 1. The highest BCUT2D eigenvalue weighted by atomic mass is 35.5. The van der Waals surface area contributed by atoms with Crippen molar-refractivity contribution in [3.63, 3.8) is 0 Å². The highest BCUT2D eigenvalue weighted by Gasteiger charge is 2.27. The first-order valence-electron chi connectivity index (χ1n) is 4.20. The van der Waals surface area contributed by atoms with Crippen LogP contribution in [0.3, 0.4) is 0 Å².